The lowest BCUT2D eigenvalue weighted by Crippen LogP contribution is -2.38. The Kier molecular flexibility index (Phi) is 3.91. The summed E-state index contributed by atoms with van der Waals surface area (Å²) in [5.41, 5.74) is 1.43. The first-order valence-corrected chi connectivity index (χ1v) is 6.65. The predicted molar refractivity (Wildman–Crippen MR) is 71.5 cm³/mol. The number of benzene rings is 1. The van der Waals surface area contributed by atoms with Crippen molar-refractivity contribution in [1.82, 2.24) is 5.32 Å². The number of hydrogen-bond donors (Lipinski definition) is 1. The van der Waals surface area contributed by atoms with Crippen molar-refractivity contribution >= 4 is 0 Å². The highest BCUT2D eigenvalue weighted by molar-refractivity contribution is 5.30. The lowest BCUT2D eigenvalue weighted by atomic mass is 9.92. The minimum Gasteiger partial charge on any atom is -0.494 e. The van der Waals surface area contributed by atoms with Crippen molar-refractivity contribution in [2.75, 3.05) is 13.7 Å². The molecule has 1 atom stereocenters. The van der Waals surface area contributed by atoms with Gasteiger partial charge in [-0.3, -0.25) is 0 Å². The topological polar surface area (TPSA) is 21.3 Å². The zero-order chi connectivity index (χ0) is 13.2. The fourth-order valence-electron chi connectivity index (χ4n) is 2.43. The van der Waals surface area contributed by atoms with Crippen LogP contribution in [0.25, 0.3) is 0 Å². The van der Waals surface area contributed by atoms with Crippen LogP contribution in [-0.4, -0.2) is 19.7 Å². The molecule has 1 aromatic rings. The number of methoxy groups -OCH3 is 1. The second kappa shape index (κ2) is 5.27. The van der Waals surface area contributed by atoms with E-state index in [0.717, 1.165) is 18.5 Å². The van der Waals surface area contributed by atoms with Gasteiger partial charge in [0.15, 0.2) is 11.6 Å². The molecule has 0 aromatic heterocycles. The molecular weight excluding hydrogens is 229 g/mol. The zero-order valence-electron chi connectivity index (χ0n) is 11.4. The average molecular weight is 251 g/mol. The quantitative estimate of drug-likeness (QED) is 0.838. The van der Waals surface area contributed by atoms with E-state index in [0.29, 0.717) is 17.2 Å². The van der Waals surface area contributed by atoms with Gasteiger partial charge in [-0.15, -0.1) is 0 Å². The Morgan fingerprint density at radius 1 is 1.44 bits per heavy atom. The summed E-state index contributed by atoms with van der Waals surface area (Å²) in [7, 11) is 1.49. The largest absolute Gasteiger partial charge is 0.494 e. The van der Waals surface area contributed by atoms with Gasteiger partial charge in [-0.05, 0) is 48.9 Å². The molecule has 0 aliphatic heterocycles. The molecule has 1 saturated carbocycles. The van der Waals surface area contributed by atoms with E-state index in [1.54, 1.807) is 12.1 Å². The van der Waals surface area contributed by atoms with Crippen LogP contribution in [0, 0.1) is 11.2 Å². The van der Waals surface area contributed by atoms with Gasteiger partial charge in [-0.1, -0.05) is 19.9 Å². The molecule has 0 spiro atoms. The van der Waals surface area contributed by atoms with Crippen molar-refractivity contribution in [3.05, 3.63) is 29.6 Å². The fraction of sp³-hybridized carbons (Fsp3) is 0.600. The van der Waals surface area contributed by atoms with Crippen LogP contribution in [-0.2, 0) is 6.42 Å². The van der Waals surface area contributed by atoms with Crippen LogP contribution in [0.2, 0.25) is 0 Å². The van der Waals surface area contributed by atoms with Gasteiger partial charge in [0.25, 0.3) is 0 Å². The minimum atomic E-state index is -0.272. The van der Waals surface area contributed by atoms with Crippen LogP contribution in [0.1, 0.15) is 32.3 Å². The first-order chi connectivity index (χ1) is 8.59. The Morgan fingerprint density at radius 3 is 2.67 bits per heavy atom. The van der Waals surface area contributed by atoms with Crippen LogP contribution in [0.3, 0.4) is 0 Å². The fourth-order valence-corrected chi connectivity index (χ4v) is 2.43. The molecule has 1 N–H and O–H groups in total. The van der Waals surface area contributed by atoms with Crippen LogP contribution >= 0.6 is 0 Å². The van der Waals surface area contributed by atoms with Gasteiger partial charge in [0, 0.05) is 6.04 Å². The zero-order valence-corrected chi connectivity index (χ0v) is 11.4. The summed E-state index contributed by atoms with van der Waals surface area (Å²) >= 11 is 0. The maximum Gasteiger partial charge on any atom is 0.165 e. The van der Waals surface area contributed by atoms with Gasteiger partial charge in [-0.2, -0.15) is 0 Å². The van der Waals surface area contributed by atoms with E-state index >= 15 is 0 Å². The van der Waals surface area contributed by atoms with Crippen LogP contribution in [0.4, 0.5) is 4.39 Å². The maximum absolute atomic E-state index is 13.7. The Labute approximate surface area is 109 Å². The van der Waals surface area contributed by atoms with Crippen molar-refractivity contribution in [3.63, 3.8) is 0 Å². The lowest BCUT2D eigenvalue weighted by molar-refractivity contribution is 0.358. The summed E-state index contributed by atoms with van der Waals surface area (Å²) in [6, 6.07) is 5.70. The SMILES string of the molecule is CCNC(Cc1ccc(OC)c(F)c1)C1(C)CC1. The highest BCUT2D eigenvalue weighted by Gasteiger charge is 2.44. The van der Waals surface area contributed by atoms with E-state index in [-0.39, 0.29) is 5.82 Å². The van der Waals surface area contributed by atoms with Crippen molar-refractivity contribution in [1.29, 1.82) is 0 Å². The molecule has 1 aliphatic rings. The van der Waals surface area contributed by atoms with Crippen LogP contribution in [0.15, 0.2) is 18.2 Å². The number of likely N-dealkylation sites (N-methyl/N-ethyl adjacent to an activating group) is 1. The number of rotatable bonds is 6. The molecular formula is C15H22FNO. The van der Waals surface area contributed by atoms with Crippen molar-refractivity contribution < 1.29 is 9.13 Å². The Bertz CT molecular complexity index is 415. The van der Waals surface area contributed by atoms with E-state index in [1.807, 2.05) is 6.07 Å². The third-order valence-electron chi connectivity index (χ3n) is 3.99. The molecule has 0 bridgehead atoms. The molecule has 0 saturated heterocycles. The molecule has 1 unspecified atom stereocenters. The molecule has 3 heteroatoms. The third kappa shape index (κ3) is 2.83. The number of nitrogens with one attached hydrogen (secondary N) is 1. The summed E-state index contributed by atoms with van der Waals surface area (Å²) in [6.07, 6.45) is 3.41. The number of halogens is 1. The van der Waals surface area contributed by atoms with E-state index in [2.05, 4.69) is 19.2 Å². The van der Waals surface area contributed by atoms with Crippen molar-refractivity contribution in [2.24, 2.45) is 5.41 Å². The van der Waals surface area contributed by atoms with Gasteiger partial charge in [0.2, 0.25) is 0 Å². The average Bonchev–Trinajstić information content (AvgIpc) is 3.08. The molecule has 100 valence electrons. The summed E-state index contributed by atoms with van der Waals surface area (Å²) < 4.78 is 18.6. The molecule has 2 nitrogen and oxygen atoms in total. The molecule has 1 aromatic carbocycles. The second-order valence-corrected chi connectivity index (χ2v) is 5.44. The Morgan fingerprint density at radius 2 is 2.17 bits per heavy atom. The number of hydrogen-bond acceptors (Lipinski definition) is 2. The standard InChI is InChI=1S/C15H22FNO/c1-4-17-14(15(2)7-8-15)10-11-5-6-13(18-3)12(16)9-11/h5-6,9,14,17H,4,7-8,10H2,1-3H3. The summed E-state index contributed by atoms with van der Waals surface area (Å²) in [5.74, 6) is 0.0441. The highest BCUT2D eigenvalue weighted by Crippen LogP contribution is 2.49. The van der Waals surface area contributed by atoms with Gasteiger partial charge >= 0.3 is 0 Å². The molecule has 0 heterocycles. The van der Waals surface area contributed by atoms with Gasteiger partial charge < -0.3 is 10.1 Å². The van der Waals surface area contributed by atoms with Crippen LogP contribution < -0.4 is 10.1 Å². The number of ether oxygens (including phenoxy) is 1. The first-order valence-electron chi connectivity index (χ1n) is 6.65. The second-order valence-electron chi connectivity index (χ2n) is 5.44. The first kappa shape index (κ1) is 13.3. The van der Waals surface area contributed by atoms with E-state index in [1.165, 1.54) is 20.0 Å². The van der Waals surface area contributed by atoms with Crippen LogP contribution in [0.5, 0.6) is 5.75 Å². The predicted octanol–water partition coefficient (Wildman–Crippen LogP) is 3.16. The third-order valence-corrected chi connectivity index (χ3v) is 3.99. The Balaban J connectivity index is 2.09. The van der Waals surface area contributed by atoms with E-state index < -0.39 is 0 Å². The van der Waals surface area contributed by atoms with E-state index in [4.69, 9.17) is 4.74 Å². The van der Waals surface area contributed by atoms with Gasteiger partial charge in [0.05, 0.1) is 7.11 Å². The molecule has 2 rings (SSSR count). The molecule has 1 aliphatic carbocycles. The lowest BCUT2D eigenvalue weighted by Gasteiger charge is -2.24. The summed E-state index contributed by atoms with van der Waals surface area (Å²) in [6.45, 7) is 5.38. The minimum absolute atomic E-state index is 0.272. The molecule has 0 radical (unpaired) electrons. The summed E-state index contributed by atoms with van der Waals surface area (Å²) in [5, 5.41) is 3.53. The van der Waals surface area contributed by atoms with Crippen molar-refractivity contribution in [2.45, 2.75) is 39.2 Å². The smallest absolute Gasteiger partial charge is 0.165 e. The molecule has 18 heavy (non-hydrogen) atoms. The van der Waals surface area contributed by atoms with Gasteiger partial charge in [-0.25, -0.2) is 4.39 Å². The normalized spacial score (nSPS) is 18.4. The monoisotopic (exact) mass is 251 g/mol. The van der Waals surface area contributed by atoms with Crippen molar-refractivity contribution in [3.8, 4) is 5.75 Å². The molecule has 1 fully saturated rings. The maximum atomic E-state index is 13.7. The molecule has 0 amide bonds. The van der Waals surface area contributed by atoms with E-state index in [9.17, 15) is 4.39 Å². The highest BCUT2D eigenvalue weighted by atomic mass is 19.1. The Hall–Kier alpha value is -1.09. The summed E-state index contributed by atoms with van der Waals surface area (Å²) in [4.78, 5) is 0. The van der Waals surface area contributed by atoms with Gasteiger partial charge in [0.1, 0.15) is 0 Å².